The Balaban J connectivity index is 0.00000441. The molecule has 128 valence electrons. The first-order valence-electron chi connectivity index (χ1n) is 7.07. The van der Waals surface area contributed by atoms with Crippen molar-refractivity contribution >= 4 is 29.9 Å². The van der Waals surface area contributed by atoms with Crippen LogP contribution in [0.1, 0.15) is 18.1 Å². The van der Waals surface area contributed by atoms with Crippen LogP contribution in [0.2, 0.25) is 0 Å². The fourth-order valence-corrected chi connectivity index (χ4v) is 1.75. The zero-order valence-corrected chi connectivity index (χ0v) is 16.1. The van der Waals surface area contributed by atoms with Gasteiger partial charge in [-0.15, -0.1) is 24.0 Å². The van der Waals surface area contributed by atoms with Crippen molar-refractivity contribution in [3.8, 4) is 0 Å². The van der Waals surface area contributed by atoms with E-state index in [1.807, 2.05) is 0 Å². The third-order valence-electron chi connectivity index (χ3n) is 2.87. The largest absolute Gasteiger partial charge is 0.385 e. The molecule has 0 amide bonds. The SMILES string of the molecule is CN=C(NCCN(C)CCCOC)NCc1nc(C)no1.I. The second-order valence-corrected chi connectivity index (χ2v) is 4.74. The number of aliphatic imine (C=N–C) groups is 1. The molecule has 9 heteroatoms. The molecule has 1 aromatic rings. The van der Waals surface area contributed by atoms with E-state index in [9.17, 15) is 0 Å². The molecule has 0 saturated carbocycles. The molecule has 0 spiro atoms. The number of ether oxygens (including phenoxy) is 1. The van der Waals surface area contributed by atoms with Gasteiger partial charge < -0.3 is 24.8 Å². The second kappa shape index (κ2) is 12.6. The number of likely N-dealkylation sites (N-methyl/N-ethyl adjacent to an activating group) is 1. The van der Waals surface area contributed by atoms with Crippen molar-refractivity contribution in [3.05, 3.63) is 11.7 Å². The molecule has 2 N–H and O–H groups in total. The van der Waals surface area contributed by atoms with Crippen LogP contribution in [0.5, 0.6) is 0 Å². The molecule has 0 unspecified atom stereocenters. The molecule has 1 heterocycles. The first-order chi connectivity index (χ1) is 10.2. The number of nitrogens with zero attached hydrogens (tertiary/aromatic N) is 4. The van der Waals surface area contributed by atoms with Gasteiger partial charge in [0, 0.05) is 40.4 Å². The minimum atomic E-state index is 0. The maximum Gasteiger partial charge on any atom is 0.246 e. The van der Waals surface area contributed by atoms with Crippen LogP contribution >= 0.6 is 24.0 Å². The second-order valence-electron chi connectivity index (χ2n) is 4.74. The first-order valence-corrected chi connectivity index (χ1v) is 7.07. The number of hydrogen-bond acceptors (Lipinski definition) is 6. The Morgan fingerprint density at radius 2 is 2.14 bits per heavy atom. The summed E-state index contributed by atoms with van der Waals surface area (Å²) in [5.74, 6) is 1.90. The van der Waals surface area contributed by atoms with Gasteiger partial charge in [-0.2, -0.15) is 4.98 Å². The maximum absolute atomic E-state index is 5.04. The average molecular weight is 426 g/mol. The van der Waals surface area contributed by atoms with Crippen LogP contribution in [0.3, 0.4) is 0 Å². The normalized spacial score (nSPS) is 11.4. The van der Waals surface area contributed by atoms with Crippen LogP contribution in [0.25, 0.3) is 0 Å². The molecule has 0 aliphatic carbocycles. The Labute approximate surface area is 149 Å². The predicted molar refractivity (Wildman–Crippen MR) is 96.6 cm³/mol. The van der Waals surface area contributed by atoms with Crippen LogP contribution in [0, 0.1) is 6.92 Å². The number of halogens is 1. The highest BCUT2D eigenvalue weighted by Gasteiger charge is 2.04. The fraction of sp³-hybridized carbons (Fsp3) is 0.769. The van der Waals surface area contributed by atoms with E-state index in [2.05, 4.69) is 37.7 Å². The fourth-order valence-electron chi connectivity index (χ4n) is 1.75. The van der Waals surface area contributed by atoms with Gasteiger partial charge in [0.05, 0.1) is 6.54 Å². The third kappa shape index (κ3) is 9.15. The van der Waals surface area contributed by atoms with E-state index in [0.29, 0.717) is 18.3 Å². The van der Waals surface area contributed by atoms with Gasteiger partial charge in [0.1, 0.15) is 0 Å². The van der Waals surface area contributed by atoms with Crippen LogP contribution < -0.4 is 10.6 Å². The Bertz CT molecular complexity index is 426. The van der Waals surface area contributed by atoms with E-state index in [4.69, 9.17) is 9.26 Å². The standard InChI is InChI=1S/C13H26N6O2.HI/c1-11-17-12(21-18-11)10-16-13(14-2)15-6-8-19(3)7-5-9-20-4;/h5-10H2,1-4H3,(H2,14,15,16);1H. The molecule has 22 heavy (non-hydrogen) atoms. The molecule has 0 aliphatic heterocycles. The van der Waals surface area contributed by atoms with Gasteiger partial charge >= 0.3 is 0 Å². The van der Waals surface area contributed by atoms with Crippen LogP contribution in [0.4, 0.5) is 0 Å². The Kier molecular flexibility index (Phi) is 12.1. The van der Waals surface area contributed by atoms with Crippen LogP contribution in [0.15, 0.2) is 9.52 Å². The van der Waals surface area contributed by atoms with Gasteiger partial charge in [-0.05, 0) is 20.4 Å². The summed E-state index contributed by atoms with van der Waals surface area (Å²) in [6.45, 7) is 5.81. The van der Waals surface area contributed by atoms with Crippen molar-refractivity contribution in [1.29, 1.82) is 0 Å². The lowest BCUT2D eigenvalue weighted by Gasteiger charge is -2.17. The monoisotopic (exact) mass is 426 g/mol. The molecular formula is C13H27IN6O2. The summed E-state index contributed by atoms with van der Waals surface area (Å²) in [5, 5.41) is 10.1. The molecule has 0 radical (unpaired) electrons. The van der Waals surface area contributed by atoms with Crippen molar-refractivity contribution in [3.63, 3.8) is 0 Å². The number of nitrogens with one attached hydrogen (secondary N) is 2. The minimum Gasteiger partial charge on any atom is -0.385 e. The number of hydrogen-bond donors (Lipinski definition) is 2. The Hall–Kier alpha value is -0.940. The molecule has 8 nitrogen and oxygen atoms in total. The highest BCUT2D eigenvalue weighted by molar-refractivity contribution is 14.0. The van der Waals surface area contributed by atoms with Crippen molar-refractivity contribution in [2.45, 2.75) is 19.9 Å². The summed E-state index contributed by atoms with van der Waals surface area (Å²) in [6.07, 6.45) is 1.04. The summed E-state index contributed by atoms with van der Waals surface area (Å²) in [7, 11) is 5.55. The van der Waals surface area contributed by atoms with Gasteiger partial charge in [-0.25, -0.2) is 0 Å². The predicted octanol–water partition coefficient (Wildman–Crippen LogP) is 0.629. The molecule has 1 rings (SSSR count). The molecule has 0 fully saturated rings. The van der Waals surface area contributed by atoms with Crippen LogP contribution in [-0.4, -0.2) is 68.4 Å². The molecular weight excluding hydrogens is 399 g/mol. The number of aryl methyl sites for hydroxylation is 1. The molecule has 0 saturated heterocycles. The highest BCUT2D eigenvalue weighted by Crippen LogP contribution is 1.94. The molecule has 0 aliphatic rings. The number of guanidine groups is 1. The summed E-state index contributed by atoms with van der Waals surface area (Å²) in [4.78, 5) is 10.5. The lowest BCUT2D eigenvalue weighted by molar-refractivity contribution is 0.180. The highest BCUT2D eigenvalue weighted by atomic mass is 127. The van der Waals surface area contributed by atoms with Gasteiger partial charge in [0.15, 0.2) is 11.8 Å². The van der Waals surface area contributed by atoms with E-state index in [-0.39, 0.29) is 24.0 Å². The van der Waals surface area contributed by atoms with Gasteiger partial charge in [0.2, 0.25) is 5.89 Å². The van der Waals surface area contributed by atoms with E-state index < -0.39 is 0 Å². The molecule has 0 aromatic carbocycles. The third-order valence-corrected chi connectivity index (χ3v) is 2.87. The zero-order valence-electron chi connectivity index (χ0n) is 13.8. The minimum absolute atomic E-state index is 0. The van der Waals surface area contributed by atoms with E-state index in [1.165, 1.54) is 0 Å². The number of methoxy groups -OCH3 is 1. The summed E-state index contributed by atoms with van der Waals surface area (Å²) < 4.78 is 10.1. The summed E-state index contributed by atoms with van der Waals surface area (Å²) in [6, 6.07) is 0. The smallest absolute Gasteiger partial charge is 0.246 e. The number of rotatable bonds is 9. The molecule has 0 atom stereocenters. The quantitative estimate of drug-likeness (QED) is 0.259. The number of aromatic nitrogens is 2. The van der Waals surface area contributed by atoms with Gasteiger partial charge in [-0.1, -0.05) is 5.16 Å². The van der Waals surface area contributed by atoms with Crippen molar-refractivity contribution < 1.29 is 9.26 Å². The van der Waals surface area contributed by atoms with E-state index >= 15 is 0 Å². The van der Waals surface area contributed by atoms with Gasteiger partial charge in [-0.3, -0.25) is 4.99 Å². The van der Waals surface area contributed by atoms with Gasteiger partial charge in [0.25, 0.3) is 0 Å². The topological polar surface area (TPSA) is 87.8 Å². The van der Waals surface area contributed by atoms with Crippen LogP contribution in [-0.2, 0) is 11.3 Å². The summed E-state index contributed by atoms with van der Waals surface area (Å²) in [5.41, 5.74) is 0. The average Bonchev–Trinajstić information content (AvgIpc) is 2.88. The molecule has 0 bridgehead atoms. The summed E-state index contributed by atoms with van der Waals surface area (Å²) >= 11 is 0. The molecule has 1 aromatic heterocycles. The zero-order chi connectivity index (χ0) is 15.5. The van der Waals surface area contributed by atoms with E-state index in [1.54, 1.807) is 21.1 Å². The Morgan fingerprint density at radius 1 is 1.36 bits per heavy atom. The Morgan fingerprint density at radius 3 is 2.73 bits per heavy atom. The lowest BCUT2D eigenvalue weighted by Crippen LogP contribution is -2.40. The van der Waals surface area contributed by atoms with Crippen molar-refractivity contribution in [1.82, 2.24) is 25.7 Å². The van der Waals surface area contributed by atoms with Crippen molar-refractivity contribution in [2.75, 3.05) is 47.4 Å². The first kappa shape index (κ1) is 21.1. The lowest BCUT2D eigenvalue weighted by atomic mass is 10.4. The maximum atomic E-state index is 5.04. The van der Waals surface area contributed by atoms with E-state index in [0.717, 1.165) is 38.6 Å². The van der Waals surface area contributed by atoms with Crippen molar-refractivity contribution in [2.24, 2.45) is 4.99 Å².